The third-order valence-electron chi connectivity index (χ3n) is 3.25. The molecule has 0 aliphatic rings. The van der Waals surface area contributed by atoms with Gasteiger partial charge in [0.1, 0.15) is 5.54 Å². The number of carbonyl (C=O) groups excluding carboxylic acids is 1. The molecule has 0 saturated heterocycles. The molecule has 0 spiro atoms. The second kappa shape index (κ2) is 7.98. The van der Waals surface area contributed by atoms with Crippen LogP contribution in [0, 0.1) is 12.7 Å². The molecule has 0 aliphatic carbocycles. The van der Waals surface area contributed by atoms with E-state index in [2.05, 4.69) is 0 Å². The molecule has 0 aliphatic heterocycles. The van der Waals surface area contributed by atoms with E-state index < -0.39 is 11.5 Å². The summed E-state index contributed by atoms with van der Waals surface area (Å²) >= 11 is 0. The highest BCUT2D eigenvalue weighted by molar-refractivity contribution is 5.79. The van der Waals surface area contributed by atoms with Crippen molar-refractivity contribution in [2.45, 2.75) is 45.6 Å². The molecule has 0 bridgehead atoms. The van der Waals surface area contributed by atoms with E-state index in [1.165, 1.54) is 0 Å². The van der Waals surface area contributed by atoms with E-state index in [1.807, 2.05) is 0 Å². The molecule has 0 radical (unpaired) electrons. The molecule has 1 rings (SSSR count). The van der Waals surface area contributed by atoms with Gasteiger partial charge in [-0.05, 0) is 51.7 Å². The highest BCUT2D eigenvalue weighted by atomic mass is 19.1. The van der Waals surface area contributed by atoms with Gasteiger partial charge < -0.3 is 15.2 Å². The van der Waals surface area contributed by atoms with Crippen molar-refractivity contribution in [1.29, 1.82) is 0 Å². The summed E-state index contributed by atoms with van der Waals surface area (Å²) in [6, 6.07) is 5.06. The number of unbranched alkanes of at least 4 members (excludes halogenated alkanes) is 1. The van der Waals surface area contributed by atoms with E-state index in [0.29, 0.717) is 38.0 Å². The van der Waals surface area contributed by atoms with E-state index in [-0.39, 0.29) is 11.6 Å². The van der Waals surface area contributed by atoms with Crippen LogP contribution in [0.3, 0.4) is 0 Å². The van der Waals surface area contributed by atoms with Crippen LogP contribution in [0.2, 0.25) is 0 Å². The van der Waals surface area contributed by atoms with Crippen molar-refractivity contribution >= 4 is 5.97 Å². The van der Waals surface area contributed by atoms with E-state index in [9.17, 15) is 9.18 Å². The number of carbonyl (C=O) groups is 1. The number of esters is 1. The number of hydrogen-bond donors (Lipinski definition) is 1. The zero-order chi connectivity index (χ0) is 15.9. The van der Waals surface area contributed by atoms with Crippen LogP contribution in [-0.4, -0.2) is 24.7 Å². The molecular weight excluding hydrogens is 273 g/mol. The SMILES string of the molecule is CCOC(=O)C(C)(N)CCCCOc1cccc(C)c1F. The summed E-state index contributed by atoms with van der Waals surface area (Å²) in [5.74, 6) is -0.459. The van der Waals surface area contributed by atoms with E-state index in [0.717, 1.165) is 0 Å². The lowest BCUT2D eigenvalue weighted by molar-refractivity contribution is -0.149. The standard InChI is InChI=1S/C16H24FNO3/c1-4-20-15(19)16(3,18)10-5-6-11-21-13-9-7-8-12(2)14(13)17/h7-9H,4-6,10-11,18H2,1-3H3. The number of nitrogens with two attached hydrogens (primary N) is 1. The van der Waals surface area contributed by atoms with Gasteiger partial charge in [-0.2, -0.15) is 0 Å². The number of rotatable bonds is 8. The highest BCUT2D eigenvalue weighted by Crippen LogP contribution is 2.20. The van der Waals surface area contributed by atoms with Gasteiger partial charge in [0, 0.05) is 0 Å². The van der Waals surface area contributed by atoms with Crippen molar-refractivity contribution in [1.82, 2.24) is 0 Å². The summed E-state index contributed by atoms with van der Waals surface area (Å²) < 4.78 is 24.0. The van der Waals surface area contributed by atoms with Crippen molar-refractivity contribution in [3.8, 4) is 5.75 Å². The van der Waals surface area contributed by atoms with Crippen LogP contribution in [0.15, 0.2) is 18.2 Å². The van der Waals surface area contributed by atoms with E-state index in [1.54, 1.807) is 39.0 Å². The van der Waals surface area contributed by atoms with Gasteiger partial charge >= 0.3 is 5.97 Å². The molecule has 21 heavy (non-hydrogen) atoms. The average Bonchev–Trinajstić information content (AvgIpc) is 2.43. The zero-order valence-corrected chi connectivity index (χ0v) is 12.9. The summed E-state index contributed by atoms with van der Waals surface area (Å²) in [6.07, 6.45) is 1.91. The Hall–Kier alpha value is -1.62. The number of benzene rings is 1. The number of halogens is 1. The van der Waals surface area contributed by atoms with Crippen LogP contribution in [0.25, 0.3) is 0 Å². The Bertz CT molecular complexity index is 475. The van der Waals surface area contributed by atoms with Gasteiger partial charge in [0.2, 0.25) is 0 Å². The molecule has 1 unspecified atom stereocenters. The van der Waals surface area contributed by atoms with E-state index in [4.69, 9.17) is 15.2 Å². The Labute approximate surface area is 125 Å². The molecule has 0 fully saturated rings. The first-order valence-corrected chi connectivity index (χ1v) is 7.22. The Morgan fingerprint density at radius 1 is 1.38 bits per heavy atom. The second-order valence-electron chi connectivity index (χ2n) is 5.33. The molecule has 0 heterocycles. The molecule has 4 nitrogen and oxygen atoms in total. The van der Waals surface area contributed by atoms with Gasteiger partial charge in [-0.25, -0.2) is 4.39 Å². The summed E-state index contributed by atoms with van der Waals surface area (Å²) in [7, 11) is 0. The van der Waals surface area contributed by atoms with Crippen molar-refractivity contribution in [2.75, 3.05) is 13.2 Å². The van der Waals surface area contributed by atoms with Crippen molar-refractivity contribution in [2.24, 2.45) is 5.73 Å². The zero-order valence-electron chi connectivity index (χ0n) is 12.9. The first kappa shape index (κ1) is 17.4. The van der Waals surface area contributed by atoms with Gasteiger partial charge in [-0.3, -0.25) is 4.79 Å². The average molecular weight is 297 g/mol. The van der Waals surface area contributed by atoms with Gasteiger partial charge in [0.15, 0.2) is 11.6 Å². The smallest absolute Gasteiger partial charge is 0.325 e. The summed E-state index contributed by atoms with van der Waals surface area (Å²) in [5, 5.41) is 0. The monoisotopic (exact) mass is 297 g/mol. The lowest BCUT2D eigenvalue weighted by atomic mass is 9.96. The van der Waals surface area contributed by atoms with Crippen LogP contribution in [0.5, 0.6) is 5.75 Å². The van der Waals surface area contributed by atoms with E-state index >= 15 is 0 Å². The molecule has 118 valence electrons. The minimum atomic E-state index is -0.982. The molecule has 1 aromatic carbocycles. The fourth-order valence-electron chi connectivity index (χ4n) is 1.91. The maximum absolute atomic E-state index is 13.7. The van der Waals surface area contributed by atoms with Crippen LogP contribution in [-0.2, 0) is 9.53 Å². The van der Waals surface area contributed by atoms with Crippen LogP contribution in [0.4, 0.5) is 4.39 Å². The highest BCUT2D eigenvalue weighted by Gasteiger charge is 2.29. The van der Waals surface area contributed by atoms with Gasteiger partial charge in [-0.1, -0.05) is 12.1 Å². The molecule has 0 saturated carbocycles. The fourth-order valence-corrected chi connectivity index (χ4v) is 1.91. The van der Waals surface area contributed by atoms with Gasteiger partial charge in [0.05, 0.1) is 13.2 Å². The summed E-state index contributed by atoms with van der Waals surface area (Å²) in [5.41, 5.74) is 5.49. The maximum Gasteiger partial charge on any atom is 0.325 e. The van der Waals surface area contributed by atoms with Gasteiger partial charge in [0.25, 0.3) is 0 Å². The Morgan fingerprint density at radius 2 is 2.10 bits per heavy atom. The molecule has 0 aromatic heterocycles. The Balaban J connectivity index is 2.32. The quantitative estimate of drug-likeness (QED) is 0.592. The number of ether oxygens (including phenoxy) is 2. The van der Waals surface area contributed by atoms with Crippen LogP contribution >= 0.6 is 0 Å². The molecule has 5 heteroatoms. The Morgan fingerprint density at radius 3 is 2.76 bits per heavy atom. The predicted molar refractivity (Wildman–Crippen MR) is 79.7 cm³/mol. The third kappa shape index (κ3) is 5.34. The predicted octanol–water partition coefficient (Wildman–Crippen LogP) is 2.96. The lowest BCUT2D eigenvalue weighted by Crippen LogP contribution is -2.46. The minimum absolute atomic E-state index is 0.260. The second-order valence-corrected chi connectivity index (χ2v) is 5.33. The largest absolute Gasteiger partial charge is 0.491 e. The fraction of sp³-hybridized carbons (Fsp3) is 0.562. The number of aryl methyl sites for hydroxylation is 1. The normalized spacial score (nSPS) is 13.6. The molecular formula is C16H24FNO3. The third-order valence-corrected chi connectivity index (χ3v) is 3.25. The lowest BCUT2D eigenvalue weighted by Gasteiger charge is -2.22. The van der Waals surface area contributed by atoms with Crippen LogP contribution < -0.4 is 10.5 Å². The van der Waals surface area contributed by atoms with Crippen LogP contribution in [0.1, 0.15) is 38.7 Å². The van der Waals surface area contributed by atoms with Gasteiger partial charge in [-0.15, -0.1) is 0 Å². The summed E-state index contributed by atoms with van der Waals surface area (Å²) in [4.78, 5) is 11.6. The molecule has 0 amide bonds. The van der Waals surface area contributed by atoms with Crippen molar-refractivity contribution in [3.05, 3.63) is 29.6 Å². The Kier molecular flexibility index (Phi) is 6.62. The molecule has 1 aromatic rings. The maximum atomic E-state index is 13.7. The first-order chi connectivity index (χ1) is 9.88. The summed E-state index contributed by atoms with van der Waals surface area (Å²) in [6.45, 7) is 5.81. The van der Waals surface area contributed by atoms with Crippen molar-refractivity contribution < 1.29 is 18.7 Å². The first-order valence-electron chi connectivity index (χ1n) is 7.22. The molecule has 2 N–H and O–H groups in total. The molecule has 1 atom stereocenters. The minimum Gasteiger partial charge on any atom is -0.491 e. The van der Waals surface area contributed by atoms with Crippen molar-refractivity contribution in [3.63, 3.8) is 0 Å². The number of hydrogen-bond acceptors (Lipinski definition) is 4. The topological polar surface area (TPSA) is 61.5 Å².